The molecule has 0 spiro atoms. The molecule has 2 heteroatoms. The first-order valence-electron chi connectivity index (χ1n) is 23.8. The summed E-state index contributed by atoms with van der Waals surface area (Å²) in [6, 6.07) is 88.9. The van der Waals surface area contributed by atoms with Gasteiger partial charge in [0, 0.05) is 22.3 Å². The van der Waals surface area contributed by atoms with Gasteiger partial charge in [0.15, 0.2) is 11.6 Å². The van der Waals surface area contributed by atoms with E-state index in [0.717, 1.165) is 33.0 Å². The first-order valence-corrected chi connectivity index (χ1v) is 23.8. The second kappa shape index (κ2) is 16.8. The van der Waals surface area contributed by atoms with E-state index < -0.39 is 0 Å². The average molecular weight is 891 g/mol. The maximum Gasteiger partial charge on any atom is 0.194 e. The molecule has 13 aromatic rings. The number of benzene rings is 13. The quantitative estimate of drug-likeness (QED) is 0.165. The lowest BCUT2D eigenvalue weighted by molar-refractivity contribution is 0.0979. The van der Waals surface area contributed by atoms with Crippen molar-refractivity contribution < 1.29 is 9.59 Å². The average Bonchev–Trinajstić information content (AvgIpc) is 3.43. The Kier molecular flexibility index (Phi) is 9.85. The van der Waals surface area contributed by atoms with Gasteiger partial charge in [0.2, 0.25) is 0 Å². The van der Waals surface area contributed by atoms with Crippen molar-refractivity contribution >= 4 is 76.2 Å². The van der Waals surface area contributed by atoms with E-state index in [0.29, 0.717) is 22.3 Å². The van der Waals surface area contributed by atoms with Crippen molar-refractivity contribution in [2.24, 2.45) is 0 Å². The van der Waals surface area contributed by atoms with Gasteiger partial charge in [-0.2, -0.15) is 0 Å². The van der Waals surface area contributed by atoms with Gasteiger partial charge >= 0.3 is 0 Å². The SMILES string of the molecule is O=C1c2ccc(-c3ccc4ccccc4c3)cc2C(=O)c2ccc(-c3ccc4ccccc4c3)cc21.c1ccc2cc(-c3ccc4cc5cc(-c6ccc7ccccc7c6)ccc5cc4c3)ccc2c1. The Labute approximate surface area is 405 Å². The van der Waals surface area contributed by atoms with Crippen molar-refractivity contribution in [3.8, 4) is 44.5 Å². The highest BCUT2D eigenvalue weighted by molar-refractivity contribution is 6.29. The first kappa shape index (κ1) is 41.0. The van der Waals surface area contributed by atoms with Crippen LogP contribution in [0.4, 0.5) is 0 Å². The summed E-state index contributed by atoms with van der Waals surface area (Å²) in [6.45, 7) is 0. The number of hydrogen-bond donors (Lipinski definition) is 0. The molecule has 0 atom stereocenters. The predicted octanol–water partition coefficient (Wildman–Crippen LogP) is 17.7. The molecule has 0 saturated heterocycles. The van der Waals surface area contributed by atoms with Gasteiger partial charge < -0.3 is 0 Å². The normalized spacial score (nSPS) is 12.1. The summed E-state index contributed by atoms with van der Waals surface area (Å²) in [4.78, 5) is 27.0. The van der Waals surface area contributed by atoms with E-state index in [1.807, 2.05) is 48.5 Å². The van der Waals surface area contributed by atoms with Crippen molar-refractivity contribution in [3.05, 3.63) is 277 Å². The summed E-state index contributed by atoms with van der Waals surface area (Å²) in [6.07, 6.45) is 0. The number of fused-ring (bicyclic) bond motifs is 8. The zero-order valence-electron chi connectivity index (χ0n) is 38.1. The fourth-order valence-electron chi connectivity index (χ4n) is 10.3. The predicted molar refractivity (Wildman–Crippen MR) is 293 cm³/mol. The third-order valence-corrected chi connectivity index (χ3v) is 14.1. The molecule has 326 valence electrons. The maximum atomic E-state index is 13.5. The van der Waals surface area contributed by atoms with Gasteiger partial charge in [-0.1, -0.05) is 182 Å². The molecule has 0 saturated carbocycles. The topological polar surface area (TPSA) is 34.1 Å². The number of carbonyl (C=O) groups is 2. The fraction of sp³-hybridized carbons (Fsp3) is 0. The zero-order chi connectivity index (χ0) is 46.7. The van der Waals surface area contributed by atoms with Crippen LogP contribution in [0, 0.1) is 0 Å². The second-order valence-corrected chi connectivity index (χ2v) is 18.4. The van der Waals surface area contributed by atoms with Crippen LogP contribution in [0.2, 0.25) is 0 Å². The Bertz CT molecular complexity index is 4010. The van der Waals surface area contributed by atoms with Crippen molar-refractivity contribution in [2.75, 3.05) is 0 Å². The lowest BCUT2D eigenvalue weighted by Crippen LogP contribution is -2.21. The smallest absolute Gasteiger partial charge is 0.194 e. The molecule has 0 N–H and O–H groups in total. The van der Waals surface area contributed by atoms with Gasteiger partial charge in [-0.05, 0) is 182 Å². The molecule has 0 radical (unpaired) electrons. The van der Waals surface area contributed by atoms with Crippen LogP contribution in [-0.4, -0.2) is 11.6 Å². The lowest BCUT2D eigenvalue weighted by atomic mass is 9.81. The molecule has 70 heavy (non-hydrogen) atoms. The Morgan fingerprint density at radius 2 is 0.371 bits per heavy atom. The molecular formula is C68H42O2. The van der Waals surface area contributed by atoms with Crippen LogP contribution in [0.3, 0.4) is 0 Å². The van der Waals surface area contributed by atoms with Gasteiger partial charge in [-0.15, -0.1) is 0 Å². The molecule has 0 aliphatic heterocycles. The molecule has 13 aromatic carbocycles. The molecule has 0 unspecified atom stereocenters. The van der Waals surface area contributed by atoms with Crippen molar-refractivity contribution in [3.63, 3.8) is 0 Å². The van der Waals surface area contributed by atoms with E-state index in [4.69, 9.17) is 0 Å². The van der Waals surface area contributed by atoms with Crippen LogP contribution < -0.4 is 0 Å². The highest BCUT2D eigenvalue weighted by atomic mass is 16.1. The Hall–Kier alpha value is -9.24. The zero-order valence-corrected chi connectivity index (χ0v) is 38.1. The fourth-order valence-corrected chi connectivity index (χ4v) is 10.3. The van der Waals surface area contributed by atoms with E-state index in [2.05, 4.69) is 194 Å². The number of ketones is 2. The second-order valence-electron chi connectivity index (χ2n) is 18.4. The minimum absolute atomic E-state index is 0.104. The van der Waals surface area contributed by atoms with Gasteiger partial charge in [0.25, 0.3) is 0 Å². The van der Waals surface area contributed by atoms with E-state index in [-0.39, 0.29) is 11.6 Å². The van der Waals surface area contributed by atoms with Gasteiger partial charge in [-0.3, -0.25) is 9.59 Å². The van der Waals surface area contributed by atoms with Crippen LogP contribution in [0.1, 0.15) is 31.8 Å². The van der Waals surface area contributed by atoms with E-state index >= 15 is 0 Å². The Morgan fingerprint density at radius 3 is 0.671 bits per heavy atom. The summed E-state index contributed by atoms with van der Waals surface area (Å²) in [5, 5.41) is 14.8. The molecule has 14 rings (SSSR count). The third-order valence-electron chi connectivity index (χ3n) is 14.1. The van der Waals surface area contributed by atoms with Crippen LogP contribution >= 0.6 is 0 Å². The summed E-state index contributed by atoms with van der Waals surface area (Å²) in [5.41, 5.74) is 10.8. The van der Waals surface area contributed by atoms with Crippen LogP contribution in [0.25, 0.3) is 109 Å². The first-order chi connectivity index (χ1) is 34.5. The maximum absolute atomic E-state index is 13.5. The summed E-state index contributed by atoms with van der Waals surface area (Å²) in [7, 11) is 0. The highest BCUT2D eigenvalue weighted by Gasteiger charge is 2.30. The Balaban J connectivity index is 0.000000137. The largest absolute Gasteiger partial charge is 0.289 e. The van der Waals surface area contributed by atoms with Crippen molar-refractivity contribution in [1.29, 1.82) is 0 Å². The van der Waals surface area contributed by atoms with Gasteiger partial charge in [0.05, 0.1) is 0 Å². The van der Waals surface area contributed by atoms with Crippen molar-refractivity contribution in [1.82, 2.24) is 0 Å². The van der Waals surface area contributed by atoms with Crippen LogP contribution in [0.5, 0.6) is 0 Å². The van der Waals surface area contributed by atoms with Gasteiger partial charge in [-0.25, -0.2) is 0 Å². The molecule has 0 heterocycles. The van der Waals surface area contributed by atoms with Crippen molar-refractivity contribution in [2.45, 2.75) is 0 Å². The lowest BCUT2D eigenvalue weighted by Gasteiger charge is -2.19. The van der Waals surface area contributed by atoms with Crippen LogP contribution in [-0.2, 0) is 0 Å². The monoisotopic (exact) mass is 890 g/mol. The molecule has 0 fully saturated rings. The standard InChI is InChI=1S/C34H20O2.C34H22/c35-33-30-16-14-28(26-12-10-22-6-2-4-8-24(22)18-26)20-32(30)34(36)29-15-13-27(19-31(29)33)25-11-9-21-5-1-3-7-23(21)17-25;1-3-7-25-17-27(11-9-23(25)5-1)29-13-15-31-22-34-20-30(14-16-32(34)21-33(31)19-29)28-12-10-24-6-2-4-8-26(24)18-28/h1-20H;1-22H. The van der Waals surface area contributed by atoms with E-state index in [1.54, 1.807) is 12.1 Å². The highest BCUT2D eigenvalue weighted by Crippen LogP contribution is 2.36. The summed E-state index contributed by atoms with van der Waals surface area (Å²) < 4.78 is 0. The molecule has 0 bridgehead atoms. The molecule has 1 aliphatic carbocycles. The third kappa shape index (κ3) is 7.40. The molecule has 0 aromatic heterocycles. The molecule has 1 aliphatic rings. The van der Waals surface area contributed by atoms with E-state index in [9.17, 15) is 9.59 Å². The number of rotatable bonds is 4. The number of hydrogen-bond acceptors (Lipinski definition) is 2. The Morgan fingerprint density at radius 1 is 0.157 bits per heavy atom. The number of carbonyl (C=O) groups excluding carboxylic acids is 2. The van der Waals surface area contributed by atoms with Gasteiger partial charge in [0.1, 0.15) is 0 Å². The minimum atomic E-state index is -0.104. The minimum Gasteiger partial charge on any atom is -0.289 e. The van der Waals surface area contributed by atoms with Crippen LogP contribution in [0.15, 0.2) is 255 Å². The molecular weight excluding hydrogens is 849 g/mol. The summed E-state index contributed by atoms with van der Waals surface area (Å²) >= 11 is 0. The molecule has 0 amide bonds. The van der Waals surface area contributed by atoms with E-state index in [1.165, 1.54) is 76.1 Å². The molecule has 2 nitrogen and oxygen atoms in total. The summed E-state index contributed by atoms with van der Waals surface area (Å²) in [5.74, 6) is -0.209.